The van der Waals surface area contributed by atoms with E-state index in [9.17, 15) is 5.11 Å². The van der Waals surface area contributed by atoms with Crippen LogP contribution in [0.1, 0.15) is 18.2 Å². The third kappa shape index (κ3) is 0.763. The minimum absolute atomic E-state index is 0.187. The van der Waals surface area contributed by atoms with E-state index in [0.717, 1.165) is 17.7 Å². The fraction of sp³-hybridized carbons (Fsp3) is 0.625. The molecular weight excluding hydrogens is 154 g/mol. The molecule has 2 rings (SSSR count). The normalized spacial score (nSPS) is 33.8. The lowest BCUT2D eigenvalue weighted by molar-refractivity contribution is 0.00470. The smallest absolute Gasteiger partial charge is 0.108 e. The maximum Gasteiger partial charge on any atom is 0.108 e. The van der Waals surface area contributed by atoms with Crippen molar-refractivity contribution in [1.29, 1.82) is 0 Å². The largest absolute Gasteiger partial charge is 0.383 e. The molecule has 1 heterocycles. The highest BCUT2D eigenvalue weighted by Gasteiger charge is 2.43. The summed E-state index contributed by atoms with van der Waals surface area (Å²) in [5, 5.41) is 16.9. The number of H-pyrrole nitrogens is 1. The standard InChI is InChI=1S/C8H13N3O/c1-5-2-7-6(3-10-11-7)8(5,12)4-9/h3,5,12H,2,4,9H2,1H3,(H,10,11). The first-order valence-corrected chi connectivity index (χ1v) is 4.13. The van der Waals surface area contributed by atoms with Gasteiger partial charge in [0.15, 0.2) is 0 Å². The number of hydrogen-bond donors (Lipinski definition) is 3. The van der Waals surface area contributed by atoms with Crippen molar-refractivity contribution in [3.8, 4) is 0 Å². The van der Waals surface area contributed by atoms with Gasteiger partial charge in [-0.2, -0.15) is 5.10 Å². The van der Waals surface area contributed by atoms with Crippen LogP contribution < -0.4 is 5.73 Å². The van der Waals surface area contributed by atoms with E-state index >= 15 is 0 Å². The Morgan fingerprint density at radius 3 is 3.33 bits per heavy atom. The van der Waals surface area contributed by atoms with Crippen LogP contribution in [0.15, 0.2) is 6.20 Å². The molecule has 12 heavy (non-hydrogen) atoms. The van der Waals surface area contributed by atoms with Gasteiger partial charge in [-0.05, 0) is 12.3 Å². The molecule has 2 unspecified atom stereocenters. The molecule has 1 aromatic heterocycles. The van der Waals surface area contributed by atoms with E-state index in [1.807, 2.05) is 6.92 Å². The molecule has 0 radical (unpaired) electrons. The van der Waals surface area contributed by atoms with Crippen LogP contribution in [0, 0.1) is 5.92 Å². The van der Waals surface area contributed by atoms with E-state index < -0.39 is 5.60 Å². The van der Waals surface area contributed by atoms with Crippen molar-refractivity contribution in [2.75, 3.05) is 6.54 Å². The first-order chi connectivity index (χ1) is 5.68. The van der Waals surface area contributed by atoms with E-state index in [1.54, 1.807) is 6.20 Å². The molecule has 0 spiro atoms. The van der Waals surface area contributed by atoms with E-state index in [-0.39, 0.29) is 12.5 Å². The number of aromatic nitrogens is 2. The lowest BCUT2D eigenvalue weighted by atomic mass is 9.90. The van der Waals surface area contributed by atoms with Crippen LogP contribution in [0.2, 0.25) is 0 Å². The summed E-state index contributed by atoms with van der Waals surface area (Å²) in [4.78, 5) is 0. The third-order valence-corrected chi connectivity index (χ3v) is 2.82. The van der Waals surface area contributed by atoms with Crippen LogP contribution in [0.5, 0.6) is 0 Å². The lowest BCUT2D eigenvalue weighted by Gasteiger charge is -2.25. The van der Waals surface area contributed by atoms with E-state index in [2.05, 4.69) is 10.2 Å². The molecule has 0 saturated heterocycles. The molecule has 0 saturated carbocycles. The van der Waals surface area contributed by atoms with Gasteiger partial charge in [0.1, 0.15) is 5.60 Å². The van der Waals surface area contributed by atoms with Crippen molar-refractivity contribution >= 4 is 0 Å². The van der Waals surface area contributed by atoms with E-state index in [0.29, 0.717) is 0 Å². The molecule has 0 amide bonds. The fourth-order valence-electron chi connectivity index (χ4n) is 1.89. The summed E-state index contributed by atoms with van der Waals surface area (Å²) >= 11 is 0. The first kappa shape index (κ1) is 7.76. The molecule has 1 aromatic rings. The van der Waals surface area contributed by atoms with Crippen molar-refractivity contribution in [3.05, 3.63) is 17.5 Å². The molecule has 0 fully saturated rings. The number of aliphatic hydroxyl groups is 1. The topological polar surface area (TPSA) is 74.9 Å². The predicted octanol–water partition coefficient (Wildman–Crippen LogP) is -0.252. The van der Waals surface area contributed by atoms with E-state index in [1.165, 1.54) is 0 Å². The van der Waals surface area contributed by atoms with Gasteiger partial charge in [-0.25, -0.2) is 0 Å². The Bertz CT molecular complexity index is 296. The second-order valence-corrected chi connectivity index (χ2v) is 3.50. The number of rotatable bonds is 1. The zero-order valence-electron chi connectivity index (χ0n) is 7.04. The Balaban J connectivity index is 2.48. The van der Waals surface area contributed by atoms with Crippen molar-refractivity contribution in [2.45, 2.75) is 18.9 Å². The average Bonchev–Trinajstić information content (AvgIpc) is 2.57. The number of nitrogens with one attached hydrogen (secondary N) is 1. The van der Waals surface area contributed by atoms with Crippen molar-refractivity contribution in [3.63, 3.8) is 0 Å². The molecule has 0 aliphatic heterocycles. The molecule has 4 nitrogen and oxygen atoms in total. The number of aromatic amines is 1. The molecule has 4 heteroatoms. The van der Waals surface area contributed by atoms with Gasteiger partial charge in [-0.1, -0.05) is 6.92 Å². The summed E-state index contributed by atoms with van der Waals surface area (Å²) < 4.78 is 0. The lowest BCUT2D eigenvalue weighted by Crippen LogP contribution is -2.37. The van der Waals surface area contributed by atoms with Crippen molar-refractivity contribution in [2.24, 2.45) is 11.7 Å². The van der Waals surface area contributed by atoms with E-state index in [4.69, 9.17) is 5.73 Å². The quantitative estimate of drug-likeness (QED) is 0.540. The number of nitrogens with two attached hydrogens (primary N) is 1. The Labute approximate surface area is 70.8 Å². The molecular formula is C8H13N3O. The zero-order valence-corrected chi connectivity index (χ0v) is 7.04. The second kappa shape index (κ2) is 2.31. The van der Waals surface area contributed by atoms with Crippen LogP contribution >= 0.6 is 0 Å². The summed E-state index contributed by atoms with van der Waals surface area (Å²) in [6, 6.07) is 0. The highest BCUT2D eigenvalue weighted by atomic mass is 16.3. The molecule has 1 aliphatic carbocycles. The van der Waals surface area contributed by atoms with Gasteiger partial charge in [0.2, 0.25) is 0 Å². The third-order valence-electron chi connectivity index (χ3n) is 2.82. The van der Waals surface area contributed by atoms with Crippen LogP contribution in [-0.2, 0) is 12.0 Å². The summed E-state index contributed by atoms with van der Waals surface area (Å²) in [6.45, 7) is 2.27. The van der Waals surface area contributed by atoms with Crippen LogP contribution in [0.4, 0.5) is 0 Å². The molecule has 2 atom stereocenters. The van der Waals surface area contributed by atoms with Crippen LogP contribution in [0.3, 0.4) is 0 Å². The molecule has 4 N–H and O–H groups in total. The van der Waals surface area contributed by atoms with Gasteiger partial charge in [0.25, 0.3) is 0 Å². The molecule has 66 valence electrons. The van der Waals surface area contributed by atoms with Crippen LogP contribution in [-0.4, -0.2) is 21.8 Å². The van der Waals surface area contributed by atoms with Crippen LogP contribution in [0.25, 0.3) is 0 Å². The summed E-state index contributed by atoms with van der Waals surface area (Å²) in [5.41, 5.74) is 6.58. The van der Waals surface area contributed by atoms with Gasteiger partial charge < -0.3 is 10.8 Å². The molecule has 0 aromatic carbocycles. The number of fused-ring (bicyclic) bond motifs is 1. The Hall–Kier alpha value is -0.870. The summed E-state index contributed by atoms with van der Waals surface area (Å²) in [6.07, 6.45) is 2.51. The van der Waals surface area contributed by atoms with Crippen molar-refractivity contribution in [1.82, 2.24) is 10.2 Å². The Kier molecular flexibility index (Phi) is 1.49. The van der Waals surface area contributed by atoms with Gasteiger partial charge in [0, 0.05) is 17.8 Å². The SMILES string of the molecule is CC1Cc2[nH]ncc2C1(O)CN. The second-order valence-electron chi connectivity index (χ2n) is 3.50. The summed E-state index contributed by atoms with van der Waals surface area (Å²) in [7, 11) is 0. The van der Waals surface area contributed by atoms with Gasteiger partial charge >= 0.3 is 0 Å². The number of nitrogens with zero attached hydrogens (tertiary/aromatic N) is 1. The Morgan fingerprint density at radius 1 is 1.92 bits per heavy atom. The summed E-state index contributed by atoms with van der Waals surface area (Å²) in [5.74, 6) is 0.187. The molecule has 0 bridgehead atoms. The first-order valence-electron chi connectivity index (χ1n) is 4.13. The zero-order chi connectivity index (χ0) is 8.77. The maximum atomic E-state index is 10.1. The average molecular weight is 167 g/mol. The minimum Gasteiger partial charge on any atom is -0.383 e. The minimum atomic E-state index is -0.859. The highest BCUT2D eigenvalue weighted by molar-refractivity contribution is 5.31. The molecule has 1 aliphatic rings. The fourth-order valence-corrected chi connectivity index (χ4v) is 1.89. The van der Waals surface area contributed by atoms with Crippen molar-refractivity contribution < 1.29 is 5.11 Å². The monoisotopic (exact) mass is 167 g/mol. The number of hydrogen-bond acceptors (Lipinski definition) is 3. The highest BCUT2D eigenvalue weighted by Crippen LogP contribution is 2.39. The Morgan fingerprint density at radius 2 is 2.67 bits per heavy atom. The maximum absolute atomic E-state index is 10.1. The van der Waals surface area contributed by atoms with Gasteiger partial charge in [-0.15, -0.1) is 0 Å². The predicted molar refractivity (Wildman–Crippen MR) is 44.4 cm³/mol. The van der Waals surface area contributed by atoms with Gasteiger partial charge in [-0.3, -0.25) is 5.10 Å². The van der Waals surface area contributed by atoms with Gasteiger partial charge in [0.05, 0.1) is 6.20 Å².